The standard InChI is InChI=1S/C16H17N7OS/c24-9-20-14-15(22-12-8-25-16-11(12)2-1-4-18-16)23-13(7-19-14)21-10-3-5-17-6-10/h1-2,4,7-10,17H,3,5-6H2,(H,19,20,24)(H2,21,22,23)/t10-/m1/s1. The Hall–Kier alpha value is -2.78. The van der Waals surface area contributed by atoms with Crippen LogP contribution in [0.5, 0.6) is 0 Å². The average Bonchev–Trinajstić information content (AvgIpc) is 3.28. The van der Waals surface area contributed by atoms with E-state index >= 15 is 0 Å². The first-order chi connectivity index (χ1) is 12.3. The van der Waals surface area contributed by atoms with E-state index in [0.29, 0.717) is 29.9 Å². The molecule has 1 aliphatic heterocycles. The van der Waals surface area contributed by atoms with Crippen LogP contribution < -0.4 is 21.3 Å². The number of nitrogens with zero attached hydrogens (tertiary/aromatic N) is 3. The van der Waals surface area contributed by atoms with Gasteiger partial charge in [-0.1, -0.05) is 0 Å². The van der Waals surface area contributed by atoms with Crippen molar-refractivity contribution >= 4 is 51.1 Å². The molecule has 0 spiro atoms. The van der Waals surface area contributed by atoms with Gasteiger partial charge in [-0.25, -0.2) is 15.0 Å². The van der Waals surface area contributed by atoms with Gasteiger partial charge in [0.15, 0.2) is 11.6 Å². The third-order valence-electron chi connectivity index (χ3n) is 3.98. The number of aromatic nitrogens is 3. The van der Waals surface area contributed by atoms with Gasteiger partial charge in [0, 0.05) is 29.5 Å². The molecule has 0 aromatic carbocycles. The lowest BCUT2D eigenvalue weighted by molar-refractivity contribution is -0.105. The molecule has 0 saturated carbocycles. The quantitative estimate of drug-likeness (QED) is 0.502. The second-order valence-electron chi connectivity index (χ2n) is 5.68. The van der Waals surface area contributed by atoms with E-state index in [4.69, 9.17) is 0 Å². The van der Waals surface area contributed by atoms with Crippen molar-refractivity contribution in [2.75, 3.05) is 29.0 Å². The van der Waals surface area contributed by atoms with Gasteiger partial charge in [-0.15, -0.1) is 11.3 Å². The lowest BCUT2D eigenvalue weighted by atomic mass is 10.2. The molecule has 0 radical (unpaired) electrons. The number of hydrogen-bond donors (Lipinski definition) is 4. The molecule has 3 aromatic heterocycles. The first-order valence-corrected chi connectivity index (χ1v) is 8.85. The number of amides is 1. The van der Waals surface area contributed by atoms with Gasteiger partial charge in [-0.2, -0.15) is 0 Å². The Morgan fingerprint density at radius 3 is 3.12 bits per heavy atom. The molecule has 1 amide bonds. The van der Waals surface area contributed by atoms with Crippen molar-refractivity contribution < 1.29 is 4.79 Å². The molecular formula is C16H17N7OS. The van der Waals surface area contributed by atoms with Gasteiger partial charge < -0.3 is 21.3 Å². The zero-order valence-corrected chi connectivity index (χ0v) is 14.1. The maximum Gasteiger partial charge on any atom is 0.212 e. The maximum absolute atomic E-state index is 10.9. The van der Waals surface area contributed by atoms with Crippen LogP contribution in [0.4, 0.5) is 23.1 Å². The molecule has 4 N–H and O–H groups in total. The maximum atomic E-state index is 10.9. The number of hydrogen-bond acceptors (Lipinski definition) is 8. The molecule has 9 heteroatoms. The van der Waals surface area contributed by atoms with Crippen molar-refractivity contribution in [2.45, 2.75) is 12.5 Å². The SMILES string of the molecule is O=CNc1ncc(N[C@@H]2CCNC2)nc1Nc1csc2ncccc12. The van der Waals surface area contributed by atoms with Crippen LogP contribution in [0, 0.1) is 0 Å². The number of anilines is 4. The topological polar surface area (TPSA) is 104 Å². The number of carbonyl (C=O) groups is 1. The Morgan fingerprint density at radius 1 is 1.32 bits per heavy atom. The highest BCUT2D eigenvalue weighted by Crippen LogP contribution is 2.32. The highest BCUT2D eigenvalue weighted by Gasteiger charge is 2.16. The molecule has 1 aliphatic rings. The van der Waals surface area contributed by atoms with Gasteiger partial charge in [0.05, 0.1) is 11.9 Å². The number of rotatable bonds is 6. The summed E-state index contributed by atoms with van der Waals surface area (Å²) in [5.41, 5.74) is 0.885. The molecule has 1 saturated heterocycles. The number of nitrogens with one attached hydrogen (secondary N) is 4. The van der Waals surface area contributed by atoms with Crippen LogP contribution in [0.25, 0.3) is 10.2 Å². The summed E-state index contributed by atoms with van der Waals surface area (Å²) in [6, 6.07) is 4.22. The van der Waals surface area contributed by atoms with Crippen molar-refractivity contribution in [1.29, 1.82) is 0 Å². The third-order valence-corrected chi connectivity index (χ3v) is 4.89. The Morgan fingerprint density at radius 2 is 2.28 bits per heavy atom. The number of pyridine rings is 1. The minimum absolute atomic E-state index is 0.332. The average molecular weight is 355 g/mol. The van der Waals surface area contributed by atoms with Crippen LogP contribution in [-0.2, 0) is 4.79 Å². The number of thiophene rings is 1. The highest BCUT2D eigenvalue weighted by atomic mass is 32.1. The van der Waals surface area contributed by atoms with Crippen LogP contribution in [0.1, 0.15) is 6.42 Å². The van der Waals surface area contributed by atoms with Crippen molar-refractivity contribution in [1.82, 2.24) is 20.3 Å². The van der Waals surface area contributed by atoms with Gasteiger partial charge in [0.1, 0.15) is 10.6 Å². The van der Waals surface area contributed by atoms with E-state index in [9.17, 15) is 4.79 Å². The molecule has 0 bridgehead atoms. The van der Waals surface area contributed by atoms with E-state index in [1.165, 1.54) is 0 Å². The Bertz CT molecular complexity index is 891. The fourth-order valence-electron chi connectivity index (χ4n) is 2.79. The van der Waals surface area contributed by atoms with Crippen molar-refractivity contribution in [2.24, 2.45) is 0 Å². The van der Waals surface area contributed by atoms with Gasteiger partial charge in [0.25, 0.3) is 0 Å². The summed E-state index contributed by atoms with van der Waals surface area (Å²) < 4.78 is 0. The van der Waals surface area contributed by atoms with E-state index in [1.807, 2.05) is 17.5 Å². The molecule has 4 rings (SSSR count). The van der Waals surface area contributed by atoms with E-state index < -0.39 is 0 Å². The molecule has 1 atom stereocenters. The minimum Gasteiger partial charge on any atom is -0.365 e. The predicted octanol–water partition coefficient (Wildman–Crippen LogP) is 2.17. The molecule has 128 valence electrons. The van der Waals surface area contributed by atoms with Crippen LogP contribution in [0.3, 0.4) is 0 Å². The fourth-order valence-corrected chi connectivity index (χ4v) is 3.63. The van der Waals surface area contributed by atoms with E-state index in [-0.39, 0.29) is 0 Å². The van der Waals surface area contributed by atoms with E-state index in [1.54, 1.807) is 23.7 Å². The predicted molar refractivity (Wildman–Crippen MR) is 99.5 cm³/mol. The molecule has 25 heavy (non-hydrogen) atoms. The summed E-state index contributed by atoms with van der Waals surface area (Å²) in [6.07, 6.45) is 5.03. The van der Waals surface area contributed by atoms with E-state index in [0.717, 1.165) is 35.4 Å². The van der Waals surface area contributed by atoms with Crippen molar-refractivity contribution in [3.05, 3.63) is 29.9 Å². The molecule has 3 aromatic rings. The zero-order valence-electron chi connectivity index (χ0n) is 13.3. The van der Waals surface area contributed by atoms with Crippen LogP contribution in [0.2, 0.25) is 0 Å². The first-order valence-electron chi connectivity index (χ1n) is 7.97. The molecule has 0 aliphatic carbocycles. The molecule has 8 nitrogen and oxygen atoms in total. The summed E-state index contributed by atoms with van der Waals surface area (Å²) in [5.74, 6) is 1.55. The van der Waals surface area contributed by atoms with E-state index in [2.05, 4.69) is 36.2 Å². The van der Waals surface area contributed by atoms with Crippen LogP contribution >= 0.6 is 11.3 Å². The highest BCUT2D eigenvalue weighted by molar-refractivity contribution is 7.17. The summed E-state index contributed by atoms with van der Waals surface area (Å²) in [6.45, 7) is 1.90. The zero-order chi connectivity index (χ0) is 17.1. The normalized spacial score (nSPS) is 16.7. The summed E-state index contributed by atoms with van der Waals surface area (Å²) in [4.78, 5) is 25.0. The molecule has 0 unspecified atom stereocenters. The van der Waals surface area contributed by atoms with Crippen LogP contribution in [0.15, 0.2) is 29.9 Å². The van der Waals surface area contributed by atoms with Crippen molar-refractivity contribution in [3.8, 4) is 0 Å². The summed E-state index contributed by atoms with van der Waals surface area (Å²) in [7, 11) is 0. The lowest BCUT2D eigenvalue weighted by Gasteiger charge is -2.14. The Kier molecular flexibility index (Phi) is 4.40. The van der Waals surface area contributed by atoms with Gasteiger partial charge >= 0.3 is 0 Å². The van der Waals surface area contributed by atoms with Gasteiger partial charge in [-0.3, -0.25) is 4.79 Å². The number of fused-ring (bicyclic) bond motifs is 1. The second-order valence-corrected chi connectivity index (χ2v) is 6.54. The second kappa shape index (κ2) is 6.99. The van der Waals surface area contributed by atoms with Crippen LogP contribution in [-0.4, -0.2) is 40.5 Å². The third kappa shape index (κ3) is 3.37. The molecule has 1 fully saturated rings. The van der Waals surface area contributed by atoms with Crippen molar-refractivity contribution in [3.63, 3.8) is 0 Å². The smallest absolute Gasteiger partial charge is 0.212 e. The largest absolute Gasteiger partial charge is 0.365 e. The Balaban J connectivity index is 1.64. The summed E-state index contributed by atoms with van der Waals surface area (Å²) >= 11 is 1.55. The van der Waals surface area contributed by atoms with Gasteiger partial charge in [-0.05, 0) is 25.1 Å². The van der Waals surface area contributed by atoms with Gasteiger partial charge in [0.2, 0.25) is 6.41 Å². The fraction of sp³-hybridized carbons (Fsp3) is 0.250. The monoisotopic (exact) mass is 355 g/mol. The number of carbonyl (C=O) groups excluding carboxylic acids is 1. The summed E-state index contributed by atoms with van der Waals surface area (Å²) in [5, 5.41) is 15.5. The Labute approximate surface area is 148 Å². The molecular weight excluding hydrogens is 338 g/mol. The minimum atomic E-state index is 0.332. The molecule has 4 heterocycles. The lowest BCUT2D eigenvalue weighted by Crippen LogP contribution is -2.23. The first kappa shape index (κ1) is 15.7.